The molecule has 0 spiro atoms. The van der Waals surface area contributed by atoms with Crippen molar-refractivity contribution in [1.82, 2.24) is 14.9 Å². The number of aromatic nitrogens is 2. The van der Waals surface area contributed by atoms with Crippen LogP contribution < -0.4 is 4.74 Å². The first kappa shape index (κ1) is 17.2. The van der Waals surface area contributed by atoms with Crippen LogP contribution in [0.3, 0.4) is 0 Å². The van der Waals surface area contributed by atoms with Gasteiger partial charge in [-0.25, -0.2) is 9.98 Å². The Labute approximate surface area is 142 Å². The second kappa shape index (κ2) is 7.42. The molecule has 0 fully saturated rings. The maximum Gasteiger partial charge on any atom is 0.225 e. The third-order valence-electron chi connectivity index (χ3n) is 3.40. The second-order valence-corrected chi connectivity index (χ2v) is 5.78. The van der Waals surface area contributed by atoms with Crippen LogP contribution in [0.15, 0.2) is 23.2 Å². The van der Waals surface area contributed by atoms with Gasteiger partial charge in [0.25, 0.3) is 0 Å². The molecule has 1 aromatic carbocycles. The molecule has 0 amide bonds. The third kappa shape index (κ3) is 4.66. The molecular formula is C17H21ClN4O. The van der Waals surface area contributed by atoms with Crippen molar-refractivity contribution in [2.24, 2.45) is 4.99 Å². The van der Waals surface area contributed by atoms with Gasteiger partial charge in [-0.2, -0.15) is 4.98 Å². The molecule has 6 heteroatoms. The predicted octanol–water partition coefficient (Wildman–Crippen LogP) is 4.46. The molecular weight excluding hydrogens is 312 g/mol. The fraction of sp³-hybridized carbons (Fsp3) is 0.353. The van der Waals surface area contributed by atoms with E-state index in [4.69, 9.17) is 16.3 Å². The van der Waals surface area contributed by atoms with Crippen molar-refractivity contribution in [2.75, 3.05) is 13.6 Å². The summed E-state index contributed by atoms with van der Waals surface area (Å²) >= 11 is 5.87. The molecule has 0 aliphatic heterocycles. The maximum absolute atomic E-state index is 5.87. The van der Waals surface area contributed by atoms with Crippen LogP contribution in [0.2, 0.25) is 5.28 Å². The van der Waals surface area contributed by atoms with Crippen molar-refractivity contribution in [3.8, 4) is 11.6 Å². The van der Waals surface area contributed by atoms with Gasteiger partial charge in [-0.1, -0.05) is 0 Å². The Balaban J connectivity index is 2.27. The van der Waals surface area contributed by atoms with Crippen molar-refractivity contribution in [1.29, 1.82) is 0 Å². The van der Waals surface area contributed by atoms with Gasteiger partial charge >= 0.3 is 0 Å². The molecule has 122 valence electrons. The molecule has 0 atom stereocenters. The van der Waals surface area contributed by atoms with Gasteiger partial charge in [0.2, 0.25) is 11.2 Å². The number of ether oxygens (including phenoxy) is 1. The van der Waals surface area contributed by atoms with E-state index in [0.29, 0.717) is 5.88 Å². The minimum atomic E-state index is 0.179. The van der Waals surface area contributed by atoms with Gasteiger partial charge < -0.3 is 9.64 Å². The molecule has 0 aliphatic carbocycles. The van der Waals surface area contributed by atoms with Crippen molar-refractivity contribution < 1.29 is 4.74 Å². The number of nitrogens with zero attached hydrogens (tertiary/aromatic N) is 4. The van der Waals surface area contributed by atoms with Gasteiger partial charge in [0.1, 0.15) is 5.75 Å². The number of hydrogen-bond acceptors (Lipinski definition) is 4. The Kier molecular flexibility index (Phi) is 5.55. The lowest BCUT2D eigenvalue weighted by atomic mass is 10.1. The summed E-state index contributed by atoms with van der Waals surface area (Å²) in [5, 5.41) is 0.179. The van der Waals surface area contributed by atoms with E-state index in [1.54, 1.807) is 6.07 Å². The Morgan fingerprint density at radius 2 is 1.91 bits per heavy atom. The van der Waals surface area contributed by atoms with Crippen molar-refractivity contribution in [3.63, 3.8) is 0 Å². The lowest BCUT2D eigenvalue weighted by molar-refractivity contribution is 0.457. The number of aliphatic imine (C=N–C) groups is 1. The summed E-state index contributed by atoms with van der Waals surface area (Å²) in [6.07, 6.45) is 1.83. The Morgan fingerprint density at radius 3 is 2.57 bits per heavy atom. The fourth-order valence-corrected chi connectivity index (χ4v) is 2.15. The van der Waals surface area contributed by atoms with E-state index in [9.17, 15) is 0 Å². The first-order valence-corrected chi connectivity index (χ1v) is 7.81. The minimum Gasteiger partial charge on any atom is -0.439 e. The quantitative estimate of drug-likeness (QED) is 0.461. The summed E-state index contributed by atoms with van der Waals surface area (Å²) in [6.45, 7) is 8.82. The zero-order valence-corrected chi connectivity index (χ0v) is 14.8. The summed E-state index contributed by atoms with van der Waals surface area (Å²) in [5.41, 5.74) is 3.70. The normalized spacial score (nSPS) is 11.0. The van der Waals surface area contributed by atoms with Gasteiger partial charge in [0.05, 0.1) is 12.0 Å². The van der Waals surface area contributed by atoms with Gasteiger partial charge in [0.15, 0.2) is 0 Å². The summed E-state index contributed by atoms with van der Waals surface area (Å²) in [4.78, 5) is 14.6. The number of halogens is 1. The lowest BCUT2D eigenvalue weighted by Crippen LogP contribution is -2.14. The van der Waals surface area contributed by atoms with Crippen molar-refractivity contribution >= 4 is 23.6 Å². The van der Waals surface area contributed by atoms with Crippen LogP contribution in [0, 0.1) is 20.8 Å². The molecule has 1 heterocycles. The molecule has 0 aliphatic rings. The molecule has 0 saturated heterocycles. The molecule has 0 radical (unpaired) electrons. The van der Waals surface area contributed by atoms with E-state index in [1.807, 2.05) is 51.2 Å². The molecule has 0 bridgehead atoms. The third-order valence-corrected chi connectivity index (χ3v) is 3.57. The zero-order chi connectivity index (χ0) is 17.0. The van der Waals surface area contributed by atoms with Crippen LogP contribution in [0.4, 0.5) is 5.69 Å². The van der Waals surface area contributed by atoms with E-state index in [2.05, 4.69) is 21.9 Å². The van der Waals surface area contributed by atoms with Gasteiger partial charge in [0, 0.05) is 25.4 Å². The lowest BCUT2D eigenvalue weighted by Gasteiger charge is -2.12. The second-order valence-electron chi connectivity index (χ2n) is 5.44. The highest BCUT2D eigenvalue weighted by molar-refractivity contribution is 6.28. The van der Waals surface area contributed by atoms with Crippen molar-refractivity contribution in [3.05, 3.63) is 40.3 Å². The van der Waals surface area contributed by atoms with Gasteiger partial charge in [-0.3, -0.25) is 0 Å². The number of benzene rings is 1. The van der Waals surface area contributed by atoms with Crippen LogP contribution >= 0.6 is 11.6 Å². The van der Waals surface area contributed by atoms with Gasteiger partial charge in [-0.15, -0.1) is 0 Å². The Bertz CT molecular complexity index is 711. The average molecular weight is 333 g/mol. The standard InChI is InChI=1S/C17H21ClN4O/c1-6-22(5)10-19-14-7-12(3)15(8-11(14)2)23-16-9-13(4)20-17(18)21-16/h7-10H,6H2,1-5H3. The zero-order valence-electron chi connectivity index (χ0n) is 14.1. The molecule has 1 aromatic heterocycles. The largest absolute Gasteiger partial charge is 0.439 e. The predicted molar refractivity (Wildman–Crippen MR) is 94.2 cm³/mol. The molecule has 0 N–H and O–H groups in total. The SMILES string of the molecule is CCN(C)C=Nc1cc(C)c(Oc2cc(C)nc(Cl)n2)cc1C. The summed E-state index contributed by atoms with van der Waals surface area (Å²) in [6, 6.07) is 5.71. The van der Waals surface area contributed by atoms with E-state index in [-0.39, 0.29) is 5.28 Å². The van der Waals surface area contributed by atoms with E-state index in [1.165, 1.54) is 0 Å². The summed E-state index contributed by atoms with van der Waals surface area (Å²) < 4.78 is 5.86. The van der Waals surface area contributed by atoms with E-state index in [0.717, 1.165) is 34.8 Å². The van der Waals surface area contributed by atoms with Gasteiger partial charge in [-0.05, 0) is 62.6 Å². The summed E-state index contributed by atoms with van der Waals surface area (Å²) in [5.74, 6) is 1.17. The molecule has 2 rings (SSSR count). The monoisotopic (exact) mass is 332 g/mol. The average Bonchev–Trinajstić information content (AvgIpc) is 2.47. The molecule has 0 saturated carbocycles. The number of aryl methyl sites for hydroxylation is 3. The first-order chi connectivity index (χ1) is 10.9. The Morgan fingerprint density at radius 1 is 1.17 bits per heavy atom. The maximum atomic E-state index is 5.87. The fourth-order valence-electron chi connectivity index (χ4n) is 1.94. The number of rotatable bonds is 5. The van der Waals surface area contributed by atoms with Crippen molar-refractivity contribution in [2.45, 2.75) is 27.7 Å². The molecule has 0 unspecified atom stereocenters. The van der Waals surface area contributed by atoms with Crippen LogP contribution in [-0.2, 0) is 0 Å². The summed E-state index contributed by atoms with van der Waals surface area (Å²) in [7, 11) is 1.99. The Hall–Kier alpha value is -2.14. The first-order valence-electron chi connectivity index (χ1n) is 7.43. The molecule has 2 aromatic rings. The van der Waals surface area contributed by atoms with Crippen LogP contribution in [-0.4, -0.2) is 34.8 Å². The highest BCUT2D eigenvalue weighted by Crippen LogP contribution is 2.31. The molecule has 23 heavy (non-hydrogen) atoms. The number of hydrogen-bond donors (Lipinski definition) is 0. The topological polar surface area (TPSA) is 50.6 Å². The van der Waals surface area contributed by atoms with Crippen LogP contribution in [0.25, 0.3) is 0 Å². The smallest absolute Gasteiger partial charge is 0.225 e. The van der Waals surface area contributed by atoms with E-state index >= 15 is 0 Å². The van der Waals surface area contributed by atoms with E-state index < -0.39 is 0 Å². The highest BCUT2D eigenvalue weighted by Gasteiger charge is 2.08. The highest BCUT2D eigenvalue weighted by atomic mass is 35.5. The van der Waals surface area contributed by atoms with Crippen LogP contribution in [0.1, 0.15) is 23.7 Å². The van der Waals surface area contributed by atoms with Crippen LogP contribution in [0.5, 0.6) is 11.6 Å². The minimum absolute atomic E-state index is 0.179. The molecule has 5 nitrogen and oxygen atoms in total.